The van der Waals surface area contributed by atoms with Crippen molar-refractivity contribution in [3.63, 3.8) is 0 Å². The molecule has 3 aromatic carbocycles. The van der Waals surface area contributed by atoms with Crippen LogP contribution in [0, 0.1) is 0 Å². The van der Waals surface area contributed by atoms with E-state index in [4.69, 9.17) is 0 Å². The normalized spacial score (nSPS) is 13.5. The highest BCUT2D eigenvalue weighted by Crippen LogP contribution is 2.18. The van der Waals surface area contributed by atoms with Gasteiger partial charge in [-0.3, -0.25) is 4.79 Å². The number of nitrogens with zero attached hydrogens (tertiary/aromatic N) is 2. The van der Waals surface area contributed by atoms with E-state index in [9.17, 15) is 14.7 Å². The summed E-state index contributed by atoms with van der Waals surface area (Å²) in [6, 6.07) is 23.1. The third-order valence-electron chi connectivity index (χ3n) is 5.19. The quantitative estimate of drug-likeness (QED) is 0.600. The van der Waals surface area contributed by atoms with Crippen molar-refractivity contribution in [2.45, 2.75) is 0 Å². The molecule has 1 fully saturated rings. The molecular weight excluding hydrogens is 392 g/mol. The van der Waals surface area contributed by atoms with E-state index in [1.165, 1.54) is 17.8 Å². The van der Waals surface area contributed by atoms with Crippen molar-refractivity contribution in [2.75, 3.05) is 41.7 Å². The fourth-order valence-electron chi connectivity index (χ4n) is 3.50. The number of amides is 3. The third kappa shape index (κ3) is 5.14. The number of benzene rings is 3. The molecule has 3 N–H and O–H groups in total. The van der Waals surface area contributed by atoms with Gasteiger partial charge in [0.25, 0.3) is 5.91 Å². The summed E-state index contributed by atoms with van der Waals surface area (Å²) in [5.41, 5.74) is 2.77. The molecule has 0 radical (unpaired) electrons. The number of hydrogen-bond donors (Lipinski definition) is 3. The lowest BCUT2D eigenvalue weighted by Gasteiger charge is -2.36. The number of rotatable bonds is 4. The molecule has 1 saturated heterocycles. The maximum atomic E-state index is 12.6. The zero-order valence-corrected chi connectivity index (χ0v) is 17.0. The number of piperazine rings is 1. The molecule has 1 heterocycles. The maximum Gasteiger partial charge on any atom is 0.321 e. The van der Waals surface area contributed by atoms with E-state index in [1.54, 1.807) is 41.3 Å². The van der Waals surface area contributed by atoms with Crippen LogP contribution in [0.5, 0.6) is 5.75 Å². The Kier molecular flexibility index (Phi) is 6.03. The summed E-state index contributed by atoms with van der Waals surface area (Å²) in [4.78, 5) is 29.0. The average molecular weight is 416 g/mol. The van der Waals surface area contributed by atoms with Gasteiger partial charge in [-0.1, -0.05) is 24.3 Å². The second-order valence-corrected chi connectivity index (χ2v) is 7.32. The first kappa shape index (κ1) is 20.3. The van der Waals surface area contributed by atoms with E-state index in [0.29, 0.717) is 30.0 Å². The molecule has 4 rings (SSSR count). The molecule has 0 spiro atoms. The van der Waals surface area contributed by atoms with Crippen LogP contribution in [0.4, 0.5) is 21.9 Å². The molecule has 7 heteroatoms. The van der Waals surface area contributed by atoms with Gasteiger partial charge in [0.1, 0.15) is 5.75 Å². The SMILES string of the molecule is O=C(Nc1cccc(O)c1)c1ccc(NC(=O)N2CCN(c3ccccc3)CC2)cc1. The van der Waals surface area contributed by atoms with E-state index in [0.717, 1.165) is 13.1 Å². The summed E-state index contributed by atoms with van der Waals surface area (Å²) >= 11 is 0. The predicted molar refractivity (Wildman–Crippen MR) is 122 cm³/mol. The molecule has 0 saturated carbocycles. The van der Waals surface area contributed by atoms with Crippen LogP contribution >= 0.6 is 0 Å². The lowest BCUT2D eigenvalue weighted by atomic mass is 10.2. The Balaban J connectivity index is 1.30. The van der Waals surface area contributed by atoms with Crippen LogP contribution in [0.1, 0.15) is 10.4 Å². The summed E-state index contributed by atoms with van der Waals surface area (Å²) in [5.74, 6) is -0.207. The van der Waals surface area contributed by atoms with Crippen molar-refractivity contribution < 1.29 is 14.7 Å². The van der Waals surface area contributed by atoms with E-state index < -0.39 is 0 Å². The molecule has 0 atom stereocenters. The van der Waals surface area contributed by atoms with Crippen LogP contribution in [0.25, 0.3) is 0 Å². The molecule has 3 amide bonds. The minimum absolute atomic E-state index is 0.0838. The predicted octanol–water partition coefficient (Wildman–Crippen LogP) is 4.00. The van der Waals surface area contributed by atoms with Gasteiger partial charge in [-0.15, -0.1) is 0 Å². The van der Waals surface area contributed by atoms with Crippen molar-refractivity contribution in [3.8, 4) is 5.75 Å². The van der Waals surface area contributed by atoms with Gasteiger partial charge in [-0.25, -0.2) is 4.79 Å². The first-order valence-electron chi connectivity index (χ1n) is 10.1. The Hall–Kier alpha value is -4.00. The zero-order chi connectivity index (χ0) is 21.6. The standard InChI is InChI=1S/C24H24N4O3/c29-22-8-4-5-20(17-22)25-23(30)18-9-11-19(12-10-18)26-24(31)28-15-13-27(14-16-28)21-6-2-1-3-7-21/h1-12,17,29H,13-16H2,(H,25,30)(H,26,31). The number of carbonyl (C=O) groups is 2. The van der Waals surface area contributed by atoms with Crippen LogP contribution in [0.15, 0.2) is 78.9 Å². The Bertz CT molecular complexity index is 1050. The molecule has 1 aliphatic heterocycles. The van der Waals surface area contributed by atoms with Gasteiger partial charge >= 0.3 is 6.03 Å². The van der Waals surface area contributed by atoms with Gasteiger partial charge in [0, 0.05) is 54.9 Å². The Morgan fingerprint density at radius 3 is 2.13 bits per heavy atom. The lowest BCUT2D eigenvalue weighted by Crippen LogP contribution is -2.50. The number of aromatic hydroxyl groups is 1. The van der Waals surface area contributed by atoms with Crippen LogP contribution in [-0.2, 0) is 0 Å². The number of urea groups is 1. The number of phenols is 1. The second-order valence-electron chi connectivity index (χ2n) is 7.32. The Labute approximate surface area is 180 Å². The number of hydrogen-bond acceptors (Lipinski definition) is 4. The van der Waals surface area contributed by atoms with Gasteiger partial charge in [0.15, 0.2) is 0 Å². The third-order valence-corrected chi connectivity index (χ3v) is 5.19. The monoisotopic (exact) mass is 416 g/mol. The molecule has 158 valence electrons. The fraction of sp³-hybridized carbons (Fsp3) is 0.167. The van der Waals surface area contributed by atoms with Crippen LogP contribution in [0.2, 0.25) is 0 Å². The van der Waals surface area contributed by atoms with E-state index in [2.05, 4.69) is 27.7 Å². The summed E-state index contributed by atoms with van der Waals surface area (Å²) in [5, 5.41) is 15.1. The minimum atomic E-state index is -0.291. The largest absolute Gasteiger partial charge is 0.508 e. The van der Waals surface area contributed by atoms with E-state index in [-0.39, 0.29) is 17.7 Å². The van der Waals surface area contributed by atoms with Crippen molar-refractivity contribution in [1.82, 2.24) is 4.90 Å². The first-order valence-corrected chi connectivity index (χ1v) is 10.1. The highest BCUT2D eigenvalue weighted by atomic mass is 16.3. The summed E-state index contributed by atoms with van der Waals surface area (Å²) in [7, 11) is 0. The van der Waals surface area contributed by atoms with Gasteiger partial charge in [0.05, 0.1) is 0 Å². The molecule has 3 aromatic rings. The molecule has 31 heavy (non-hydrogen) atoms. The van der Waals surface area contributed by atoms with E-state index in [1.807, 2.05) is 18.2 Å². The molecular formula is C24H24N4O3. The number of para-hydroxylation sites is 1. The molecule has 1 aliphatic rings. The van der Waals surface area contributed by atoms with Gasteiger partial charge < -0.3 is 25.5 Å². The van der Waals surface area contributed by atoms with Gasteiger partial charge in [-0.2, -0.15) is 0 Å². The topological polar surface area (TPSA) is 84.9 Å². The second kappa shape index (κ2) is 9.21. The van der Waals surface area contributed by atoms with Crippen LogP contribution < -0.4 is 15.5 Å². The smallest absolute Gasteiger partial charge is 0.321 e. The molecule has 0 aliphatic carbocycles. The molecule has 0 aromatic heterocycles. The van der Waals surface area contributed by atoms with Crippen molar-refractivity contribution in [2.24, 2.45) is 0 Å². The number of nitrogens with one attached hydrogen (secondary N) is 2. The minimum Gasteiger partial charge on any atom is -0.508 e. The Morgan fingerprint density at radius 1 is 0.742 bits per heavy atom. The number of phenolic OH excluding ortho intramolecular Hbond substituents is 1. The maximum absolute atomic E-state index is 12.6. The zero-order valence-electron chi connectivity index (χ0n) is 17.0. The summed E-state index contributed by atoms with van der Waals surface area (Å²) < 4.78 is 0. The fourth-order valence-corrected chi connectivity index (χ4v) is 3.50. The van der Waals surface area contributed by atoms with Crippen LogP contribution in [-0.4, -0.2) is 48.1 Å². The number of carbonyl (C=O) groups excluding carboxylic acids is 2. The highest BCUT2D eigenvalue weighted by molar-refractivity contribution is 6.04. The first-order chi connectivity index (χ1) is 15.1. The lowest BCUT2D eigenvalue weighted by molar-refractivity contribution is 0.102. The van der Waals surface area contributed by atoms with Crippen LogP contribution in [0.3, 0.4) is 0 Å². The number of anilines is 3. The van der Waals surface area contributed by atoms with Crippen molar-refractivity contribution >= 4 is 29.0 Å². The average Bonchev–Trinajstić information content (AvgIpc) is 2.80. The Morgan fingerprint density at radius 2 is 1.45 bits per heavy atom. The highest BCUT2D eigenvalue weighted by Gasteiger charge is 2.21. The van der Waals surface area contributed by atoms with Gasteiger partial charge in [0.2, 0.25) is 0 Å². The van der Waals surface area contributed by atoms with Crippen molar-refractivity contribution in [3.05, 3.63) is 84.4 Å². The van der Waals surface area contributed by atoms with E-state index >= 15 is 0 Å². The summed E-state index contributed by atoms with van der Waals surface area (Å²) in [6.45, 7) is 2.85. The molecule has 0 bridgehead atoms. The molecule has 7 nitrogen and oxygen atoms in total. The molecule has 0 unspecified atom stereocenters. The summed E-state index contributed by atoms with van der Waals surface area (Å²) in [6.07, 6.45) is 0. The van der Waals surface area contributed by atoms with Gasteiger partial charge in [-0.05, 0) is 48.5 Å². The van der Waals surface area contributed by atoms with Crippen molar-refractivity contribution in [1.29, 1.82) is 0 Å².